The smallest absolute Gasteiger partial charge is 0.163 e. The van der Waals surface area contributed by atoms with E-state index in [1.807, 2.05) is 0 Å². The molecule has 2 N–H and O–H groups in total. The van der Waals surface area contributed by atoms with Crippen LogP contribution in [0.25, 0.3) is 0 Å². The molecule has 27 heavy (non-hydrogen) atoms. The molecular weight excluding hydrogens is 348 g/mol. The fourth-order valence-electron chi connectivity index (χ4n) is 3.86. The van der Waals surface area contributed by atoms with E-state index >= 15 is 0 Å². The summed E-state index contributed by atoms with van der Waals surface area (Å²) in [7, 11) is 3.02. The van der Waals surface area contributed by atoms with Crippen LogP contribution >= 0.6 is 0 Å². The molecule has 6 nitrogen and oxygen atoms in total. The number of hydrogen-bond acceptors (Lipinski definition) is 6. The van der Waals surface area contributed by atoms with Crippen molar-refractivity contribution in [3.05, 3.63) is 46.4 Å². The second-order valence-corrected chi connectivity index (χ2v) is 6.82. The summed E-state index contributed by atoms with van der Waals surface area (Å²) >= 11 is 0. The summed E-state index contributed by atoms with van der Waals surface area (Å²) in [5.41, 5.74) is 0.912. The maximum Gasteiger partial charge on any atom is 0.163 e. The first-order chi connectivity index (χ1) is 13.0. The molecule has 0 bridgehead atoms. The average Bonchev–Trinajstić information content (AvgIpc) is 2.65. The Kier molecular flexibility index (Phi) is 5.54. The predicted molar refractivity (Wildman–Crippen MR) is 99.3 cm³/mol. The molecule has 3 rings (SSSR count). The van der Waals surface area contributed by atoms with Gasteiger partial charge in [0.05, 0.1) is 31.7 Å². The minimum atomic E-state index is -0.855. The van der Waals surface area contributed by atoms with Gasteiger partial charge in [0.15, 0.2) is 11.6 Å². The van der Waals surface area contributed by atoms with Crippen LogP contribution in [0, 0.1) is 0 Å². The molecule has 2 aliphatic rings. The van der Waals surface area contributed by atoms with Crippen LogP contribution in [0.15, 0.2) is 40.9 Å². The van der Waals surface area contributed by atoms with Gasteiger partial charge in [-0.1, -0.05) is 6.07 Å². The second-order valence-electron chi connectivity index (χ2n) is 6.82. The highest BCUT2D eigenvalue weighted by Gasteiger charge is 2.38. The van der Waals surface area contributed by atoms with Crippen molar-refractivity contribution in [3.8, 4) is 11.5 Å². The first-order valence-electron chi connectivity index (χ1n) is 9.10. The largest absolute Gasteiger partial charge is 0.512 e. The second kappa shape index (κ2) is 7.86. The van der Waals surface area contributed by atoms with E-state index in [1.165, 1.54) is 14.2 Å². The molecule has 0 amide bonds. The summed E-state index contributed by atoms with van der Waals surface area (Å²) in [6, 6.07) is 5.09. The van der Waals surface area contributed by atoms with Crippen molar-refractivity contribution in [3.63, 3.8) is 0 Å². The number of ketones is 2. The molecule has 2 aliphatic carbocycles. The Bertz CT molecular complexity index is 791. The van der Waals surface area contributed by atoms with Gasteiger partial charge >= 0.3 is 0 Å². The number of carbonyl (C=O) groups excluding carboxylic acids is 2. The lowest BCUT2D eigenvalue weighted by atomic mass is 9.74. The molecule has 1 aromatic rings. The zero-order valence-corrected chi connectivity index (χ0v) is 15.6. The number of ether oxygens (including phenoxy) is 2. The molecule has 0 aliphatic heterocycles. The van der Waals surface area contributed by atoms with Crippen LogP contribution in [0.2, 0.25) is 0 Å². The maximum atomic E-state index is 12.7. The summed E-state index contributed by atoms with van der Waals surface area (Å²) in [4.78, 5) is 25.4. The summed E-state index contributed by atoms with van der Waals surface area (Å²) in [6.07, 6.45) is 2.49. The van der Waals surface area contributed by atoms with Crippen molar-refractivity contribution in [2.24, 2.45) is 0 Å². The fourth-order valence-corrected chi connectivity index (χ4v) is 3.86. The van der Waals surface area contributed by atoms with Crippen molar-refractivity contribution >= 4 is 11.6 Å². The third kappa shape index (κ3) is 3.56. The Balaban J connectivity index is 2.26. The van der Waals surface area contributed by atoms with E-state index in [0.29, 0.717) is 55.6 Å². The SMILES string of the molecule is COc1ccc(C(C2=C(O)CCCC2=O)C2=C(O)CCCC2=O)c(OC)c1. The van der Waals surface area contributed by atoms with Gasteiger partial charge < -0.3 is 19.7 Å². The van der Waals surface area contributed by atoms with Crippen molar-refractivity contribution in [1.82, 2.24) is 0 Å². The molecule has 144 valence electrons. The molecule has 0 atom stereocenters. The lowest BCUT2D eigenvalue weighted by Crippen LogP contribution is -2.26. The molecule has 0 aromatic heterocycles. The van der Waals surface area contributed by atoms with Gasteiger partial charge in [0.2, 0.25) is 0 Å². The molecule has 6 heteroatoms. The van der Waals surface area contributed by atoms with Gasteiger partial charge in [-0.2, -0.15) is 0 Å². The molecular formula is C21H24O6. The van der Waals surface area contributed by atoms with E-state index in [4.69, 9.17) is 9.47 Å². The average molecular weight is 372 g/mol. The summed E-state index contributed by atoms with van der Waals surface area (Å²) in [5, 5.41) is 21.0. The standard InChI is InChI=1S/C21H24O6/c1-26-12-9-10-13(18(11-12)27-2)19(20-14(22)5-3-6-15(20)23)21-16(24)7-4-8-17(21)25/h9-11,19,22,24H,3-8H2,1-2H3. The zero-order valence-electron chi connectivity index (χ0n) is 15.6. The van der Waals surface area contributed by atoms with Crippen molar-refractivity contribution in [2.75, 3.05) is 14.2 Å². The van der Waals surface area contributed by atoms with Crippen LogP contribution in [-0.4, -0.2) is 36.0 Å². The van der Waals surface area contributed by atoms with E-state index in [9.17, 15) is 19.8 Å². The minimum Gasteiger partial charge on any atom is -0.512 e. The molecule has 0 fully saturated rings. The van der Waals surface area contributed by atoms with Crippen LogP contribution in [-0.2, 0) is 9.59 Å². The third-order valence-electron chi connectivity index (χ3n) is 5.19. The first kappa shape index (κ1) is 19.0. The first-order valence-corrected chi connectivity index (χ1v) is 9.10. The predicted octanol–water partition coefficient (Wildman–Crippen LogP) is 3.92. The number of methoxy groups -OCH3 is 2. The van der Waals surface area contributed by atoms with Gasteiger partial charge in [0.1, 0.15) is 11.5 Å². The molecule has 0 saturated heterocycles. The van der Waals surface area contributed by atoms with Gasteiger partial charge in [-0.15, -0.1) is 0 Å². The normalized spacial score (nSPS) is 18.3. The highest BCUT2D eigenvalue weighted by Crippen LogP contribution is 2.45. The van der Waals surface area contributed by atoms with Gasteiger partial charge in [0.25, 0.3) is 0 Å². The highest BCUT2D eigenvalue weighted by molar-refractivity contribution is 6.05. The monoisotopic (exact) mass is 372 g/mol. The molecule has 0 unspecified atom stereocenters. The number of aliphatic hydroxyl groups is 2. The van der Waals surface area contributed by atoms with Crippen LogP contribution in [0.1, 0.15) is 50.0 Å². The Morgan fingerprint density at radius 1 is 0.852 bits per heavy atom. The van der Waals surface area contributed by atoms with Crippen molar-refractivity contribution in [2.45, 2.75) is 44.4 Å². The number of allylic oxidation sites excluding steroid dienone is 4. The quantitative estimate of drug-likeness (QED) is 0.814. The molecule has 0 saturated carbocycles. The molecule has 0 spiro atoms. The number of aliphatic hydroxyl groups excluding tert-OH is 2. The zero-order chi connectivity index (χ0) is 19.6. The van der Waals surface area contributed by atoms with Gasteiger partial charge in [-0.3, -0.25) is 9.59 Å². The van der Waals surface area contributed by atoms with Crippen LogP contribution in [0.4, 0.5) is 0 Å². The van der Waals surface area contributed by atoms with Crippen LogP contribution in [0.3, 0.4) is 0 Å². The van der Waals surface area contributed by atoms with Gasteiger partial charge in [-0.05, 0) is 18.9 Å². The Labute approximate surface area is 158 Å². The van der Waals surface area contributed by atoms with Crippen molar-refractivity contribution < 1.29 is 29.3 Å². The third-order valence-corrected chi connectivity index (χ3v) is 5.19. The molecule has 0 radical (unpaired) electrons. The number of rotatable bonds is 5. The number of hydrogen-bond donors (Lipinski definition) is 2. The molecule has 1 aromatic carbocycles. The Morgan fingerprint density at radius 2 is 1.41 bits per heavy atom. The lowest BCUT2D eigenvalue weighted by Gasteiger charge is -2.29. The number of carbonyl (C=O) groups is 2. The molecule has 0 heterocycles. The van der Waals surface area contributed by atoms with Crippen molar-refractivity contribution in [1.29, 1.82) is 0 Å². The van der Waals surface area contributed by atoms with Gasteiger partial charge in [-0.25, -0.2) is 0 Å². The fraction of sp³-hybridized carbons (Fsp3) is 0.429. The van der Waals surface area contributed by atoms with Crippen LogP contribution < -0.4 is 9.47 Å². The van der Waals surface area contributed by atoms with E-state index < -0.39 is 5.92 Å². The van der Waals surface area contributed by atoms with E-state index in [2.05, 4.69) is 0 Å². The lowest BCUT2D eigenvalue weighted by molar-refractivity contribution is -0.117. The highest BCUT2D eigenvalue weighted by atomic mass is 16.5. The Morgan fingerprint density at radius 3 is 1.85 bits per heavy atom. The summed E-state index contributed by atoms with van der Waals surface area (Å²) in [6.45, 7) is 0. The minimum absolute atomic E-state index is 0.0206. The van der Waals surface area contributed by atoms with E-state index in [1.54, 1.807) is 18.2 Å². The summed E-state index contributed by atoms with van der Waals surface area (Å²) < 4.78 is 10.7. The van der Waals surface area contributed by atoms with Crippen LogP contribution in [0.5, 0.6) is 11.5 Å². The number of Topliss-reactive ketones (excluding diaryl/α,β-unsaturated/α-hetero) is 2. The maximum absolute atomic E-state index is 12.7. The topological polar surface area (TPSA) is 93.1 Å². The Hall–Kier alpha value is -2.76. The summed E-state index contributed by atoms with van der Waals surface area (Å²) in [5.74, 6) is -0.319. The van der Waals surface area contributed by atoms with Gasteiger partial charge in [0, 0.05) is 48.5 Å². The number of benzene rings is 1. The van der Waals surface area contributed by atoms with E-state index in [0.717, 1.165) is 0 Å². The van der Waals surface area contributed by atoms with E-state index in [-0.39, 0.29) is 34.2 Å².